The van der Waals surface area contributed by atoms with Crippen molar-refractivity contribution in [3.63, 3.8) is 0 Å². The van der Waals surface area contributed by atoms with Crippen molar-refractivity contribution >= 4 is 0 Å². The summed E-state index contributed by atoms with van der Waals surface area (Å²) in [6.07, 6.45) is 10.4. The molecule has 2 aliphatic carbocycles. The molecule has 0 aromatic rings. The van der Waals surface area contributed by atoms with E-state index >= 15 is 0 Å². The Morgan fingerprint density at radius 3 is 1.48 bits per heavy atom. The van der Waals surface area contributed by atoms with E-state index in [1.165, 1.54) is 44.9 Å². The van der Waals surface area contributed by atoms with Gasteiger partial charge in [-0.25, -0.2) is 0 Å². The molecule has 0 aromatic heterocycles. The summed E-state index contributed by atoms with van der Waals surface area (Å²) in [5.74, 6) is 1.54. The van der Waals surface area contributed by atoms with Crippen LogP contribution in [0.1, 0.15) is 86.5 Å². The topological polar surface area (TPSA) is 25.1 Å². The molecule has 2 saturated carbocycles. The molecule has 0 bridgehead atoms. The Kier molecular flexibility index (Phi) is 3.39. The lowest BCUT2D eigenvalue weighted by Crippen LogP contribution is -2.40. The van der Waals surface area contributed by atoms with Gasteiger partial charge in [0.15, 0.2) is 0 Å². The number of rotatable bonds is 2. The molecule has 6 unspecified atom stereocenters. The van der Waals surface area contributed by atoms with E-state index in [0.717, 1.165) is 11.8 Å². The predicted octanol–water partition coefficient (Wildman–Crippen LogP) is 5.34. The first-order chi connectivity index (χ1) is 10.6. The van der Waals surface area contributed by atoms with Gasteiger partial charge in [-0.05, 0) is 54.8 Å². The van der Waals surface area contributed by atoms with Crippen LogP contribution in [0.5, 0.6) is 0 Å². The van der Waals surface area contributed by atoms with Crippen LogP contribution in [0, 0.1) is 22.7 Å². The van der Waals surface area contributed by atoms with Crippen LogP contribution in [0.15, 0.2) is 0 Å². The van der Waals surface area contributed by atoms with E-state index < -0.39 is 0 Å². The van der Waals surface area contributed by atoms with Crippen LogP contribution in [-0.4, -0.2) is 23.4 Å². The lowest BCUT2D eigenvalue weighted by atomic mass is 9.64. The van der Waals surface area contributed by atoms with Gasteiger partial charge in [-0.2, -0.15) is 0 Å². The quantitative estimate of drug-likeness (QED) is 0.641. The van der Waals surface area contributed by atoms with Gasteiger partial charge in [0.05, 0.1) is 23.4 Å². The molecule has 23 heavy (non-hydrogen) atoms. The molecular weight excluding hydrogens is 284 g/mol. The van der Waals surface area contributed by atoms with Crippen LogP contribution in [0.2, 0.25) is 0 Å². The van der Waals surface area contributed by atoms with Crippen molar-refractivity contribution < 1.29 is 9.47 Å². The molecule has 2 heteroatoms. The van der Waals surface area contributed by atoms with Crippen LogP contribution in [0.3, 0.4) is 0 Å². The summed E-state index contributed by atoms with van der Waals surface area (Å²) in [6, 6.07) is 0. The highest BCUT2D eigenvalue weighted by Gasteiger charge is 2.69. The number of hydrogen-bond acceptors (Lipinski definition) is 2. The van der Waals surface area contributed by atoms with Crippen LogP contribution >= 0.6 is 0 Å². The highest BCUT2D eigenvalue weighted by Crippen LogP contribution is 2.64. The van der Waals surface area contributed by atoms with Gasteiger partial charge in [-0.1, -0.05) is 54.4 Å². The lowest BCUT2D eigenvalue weighted by Gasteiger charge is -2.36. The monoisotopic (exact) mass is 320 g/mol. The van der Waals surface area contributed by atoms with Crippen molar-refractivity contribution in [3.8, 4) is 0 Å². The van der Waals surface area contributed by atoms with Crippen molar-refractivity contribution in [3.05, 3.63) is 0 Å². The highest BCUT2D eigenvalue weighted by molar-refractivity contribution is 5.17. The minimum Gasteiger partial charge on any atom is -0.365 e. The Bertz CT molecular complexity index is 441. The van der Waals surface area contributed by atoms with Gasteiger partial charge in [0.1, 0.15) is 0 Å². The van der Waals surface area contributed by atoms with E-state index in [0.29, 0.717) is 12.2 Å². The standard InChI is InChI=1S/C21H36O2/c1-18(2,3)20-11-7-9-14(16(20)22-20)13-15-10-8-12-21(17(15)23-21)19(4,5)6/h14-17H,7-13H2,1-6H3. The third kappa shape index (κ3) is 2.27. The van der Waals surface area contributed by atoms with Gasteiger partial charge < -0.3 is 9.47 Å². The molecule has 132 valence electrons. The molecule has 2 aliphatic heterocycles. The largest absolute Gasteiger partial charge is 0.365 e. The van der Waals surface area contributed by atoms with E-state index in [1.807, 2.05) is 0 Å². The molecule has 4 aliphatic rings. The molecule has 0 aromatic carbocycles. The smallest absolute Gasteiger partial charge is 0.0999 e. The summed E-state index contributed by atoms with van der Waals surface area (Å²) >= 11 is 0. The van der Waals surface area contributed by atoms with Crippen LogP contribution in [0.4, 0.5) is 0 Å². The zero-order valence-corrected chi connectivity index (χ0v) is 16.1. The van der Waals surface area contributed by atoms with Crippen LogP contribution < -0.4 is 0 Å². The second-order valence-electron chi connectivity index (χ2n) is 10.9. The van der Waals surface area contributed by atoms with Crippen molar-refractivity contribution in [1.29, 1.82) is 0 Å². The first-order valence-electron chi connectivity index (χ1n) is 9.96. The van der Waals surface area contributed by atoms with Crippen molar-refractivity contribution in [2.45, 2.75) is 110 Å². The Balaban J connectivity index is 1.44. The fraction of sp³-hybridized carbons (Fsp3) is 1.00. The second-order valence-corrected chi connectivity index (χ2v) is 10.9. The fourth-order valence-electron chi connectivity index (χ4n) is 6.13. The van der Waals surface area contributed by atoms with Crippen LogP contribution in [0.25, 0.3) is 0 Å². The van der Waals surface area contributed by atoms with Crippen molar-refractivity contribution in [2.75, 3.05) is 0 Å². The maximum atomic E-state index is 6.38. The third-order valence-corrected chi connectivity index (χ3v) is 7.73. The average molecular weight is 321 g/mol. The average Bonchev–Trinajstić information content (AvgIpc) is 3.30. The number of hydrogen-bond donors (Lipinski definition) is 0. The minimum atomic E-state index is 0.191. The van der Waals surface area contributed by atoms with E-state index in [9.17, 15) is 0 Å². The third-order valence-electron chi connectivity index (χ3n) is 7.73. The number of fused-ring (bicyclic) bond motifs is 2. The van der Waals surface area contributed by atoms with Gasteiger partial charge in [-0.3, -0.25) is 0 Å². The molecule has 2 nitrogen and oxygen atoms in total. The maximum absolute atomic E-state index is 6.38. The molecule has 0 spiro atoms. The van der Waals surface area contributed by atoms with Gasteiger partial charge in [0, 0.05) is 0 Å². The second kappa shape index (κ2) is 4.75. The first-order valence-corrected chi connectivity index (χ1v) is 9.96. The molecule has 6 atom stereocenters. The molecule has 4 rings (SSSR count). The molecule has 2 saturated heterocycles. The van der Waals surface area contributed by atoms with E-state index in [-0.39, 0.29) is 22.0 Å². The summed E-state index contributed by atoms with van der Waals surface area (Å²) in [7, 11) is 0. The summed E-state index contributed by atoms with van der Waals surface area (Å²) in [5, 5.41) is 0. The SMILES string of the molecule is CC(C)(C)C12CCCC(CC3CCCC4(C(C)(C)C)OC34)C1O2. The van der Waals surface area contributed by atoms with E-state index in [4.69, 9.17) is 9.47 Å². The predicted molar refractivity (Wildman–Crippen MR) is 93.4 cm³/mol. The van der Waals surface area contributed by atoms with Gasteiger partial charge in [0.25, 0.3) is 0 Å². The number of ether oxygens (including phenoxy) is 2. The Labute approximate surface area is 142 Å². The van der Waals surface area contributed by atoms with Gasteiger partial charge in [0.2, 0.25) is 0 Å². The van der Waals surface area contributed by atoms with E-state index in [2.05, 4.69) is 41.5 Å². The summed E-state index contributed by atoms with van der Waals surface area (Å²) in [4.78, 5) is 0. The van der Waals surface area contributed by atoms with Crippen molar-refractivity contribution in [1.82, 2.24) is 0 Å². The zero-order chi connectivity index (χ0) is 16.7. The maximum Gasteiger partial charge on any atom is 0.0999 e. The lowest BCUT2D eigenvalue weighted by molar-refractivity contribution is 0.138. The molecule has 0 radical (unpaired) electrons. The summed E-state index contributed by atoms with van der Waals surface area (Å²) in [6.45, 7) is 14.2. The Hall–Kier alpha value is -0.0800. The first kappa shape index (κ1) is 16.4. The fourth-order valence-corrected chi connectivity index (χ4v) is 6.13. The molecule has 0 amide bonds. The molecule has 2 heterocycles. The molecular formula is C21H36O2. The van der Waals surface area contributed by atoms with Crippen molar-refractivity contribution in [2.24, 2.45) is 22.7 Å². The van der Waals surface area contributed by atoms with E-state index in [1.54, 1.807) is 0 Å². The number of epoxide rings is 2. The Morgan fingerprint density at radius 2 is 1.13 bits per heavy atom. The zero-order valence-electron chi connectivity index (χ0n) is 16.1. The molecule has 0 N–H and O–H groups in total. The highest BCUT2D eigenvalue weighted by atomic mass is 16.6. The normalized spacial score (nSPS) is 49.3. The minimum absolute atomic E-state index is 0.191. The van der Waals surface area contributed by atoms with Gasteiger partial charge >= 0.3 is 0 Å². The summed E-state index contributed by atoms with van der Waals surface area (Å²) in [5.41, 5.74) is 0.953. The summed E-state index contributed by atoms with van der Waals surface area (Å²) < 4.78 is 12.8. The van der Waals surface area contributed by atoms with Crippen LogP contribution in [-0.2, 0) is 9.47 Å². The van der Waals surface area contributed by atoms with Gasteiger partial charge in [-0.15, -0.1) is 0 Å². The molecule has 4 fully saturated rings. The Morgan fingerprint density at radius 1 is 0.739 bits per heavy atom.